The van der Waals surface area contributed by atoms with Gasteiger partial charge in [0.15, 0.2) is 0 Å². The largest absolute Gasteiger partial charge is 0.366 e. The van der Waals surface area contributed by atoms with Crippen LogP contribution in [0.1, 0.15) is 50.4 Å². The van der Waals surface area contributed by atoms with Gasteiger partial charge in [0.1, 0.15) is 0 Å². The molecule has 39 heavy (non-hydrogen) atoms. The van der Waals surface area contributed by atoms with Gasteiger partial charge in [0, 0.05) is 35.0 Å². The highest BCUT2D eigenvalue weighted by atomic mass is 16.7. The number of hydrogen-bond acceptors (Lipinski definition) is 8. The van der Waals surface area contributed by atoms with Gasteiger partial charge in [0.05, 0.1) is 32.6 Å². The maximum absolute atomic E-state index is 13.9. The highest BCUT2D eigenvalue weighted by molar-refractivity contribution is 6.09. The lowest BCUT2D eigenvalue weighted by Crippen LogP contribution is -2.43. The van der Waals surface area contributed by atoms with Gasteiger partial charge < -0.3 is 10.2 Å². The lowest BCUT2D eigenvalue weighted by Gasteiger charge is -2.39. The second-order valence-electron chi connectivity index (χ2n) is 10.9. The van der Waals surface area contributed by atoms with Gasteiger partial charge in [-0.25, -0.2) is 4.79 Å². The fourth-order valence-corrected chi connectivity index (χ4v) is 6.17. The number of benzene rings is 3. The van der Waals surface area contributed by atoms with Gasteiger partial charge in [-0.15, -0.1) is 0 Å². The van der Waals surface area contributed by atoms with Gasteiger partial charge in [-0.1, -0.05) is 62.3 Å². The van der Waals surface area contributed by atoms with E-state index < -0.39 is 43.4 Å². The average Bonchev–Trinajstić information content (AvgIpc) is 3.22. The number of nitrogens with zero attached hydrogens (tertiary/aromatic N) is 3. The number of carbonyl (C=O) groups excluding carboxylic acids is 2. The minimum Gasteiger partial charge on any atom is -0.325 e. The normalized spacial score (nSPS) is 24.0. The Labute approximate surface area is 223 Å². The number of nitro benzene ring substituents is 2. The highest BCUT2D eigenvalue weighted by Gasteiger charge is 2.71. The third kappa shape index (κ3) is 3.92. The van der Waals surface area contributed by atoms with Gasteiger partial charge in [0.2, 0.25) is 5.91 Å². The molecule has 0 heterocycles. The van der Waals surface area contributed by atoms with Crippen molar-refractivity contribution in [2.75, 3.05) is 5.32 Å². The monoisotopic (exact) mass is 530 g/mol. The maximum atomic E-state index is 13.9. The molecule has 2 unspecified atom stereocenters. The second-order valence-corrected chi connectivity index (χ2v) is 10.9. The summed E-state index contributed by atoms with van der Waals surface area (Å²) in [5.74, 6) is -1.20. The SMILES string of the molecule is CC12CCC(C(=O)Nc3cccc4ccccc34)(C/C1=N\OC(=O)c1cc([N+](=O)[O-])cc([N+](=O)[O-])c1)C2(C)C. The summed E-state index contributed by atoms with van der Waals surface area (Å²) >= 11 is 0. The van der Waals surface area contributed by atoms with Gasteiger partial charge >= 0.3 is 5.97 Å². The van der Waals surface area contributed by atoms with Crippen LogP contribution in [0.15, 0.2) is 65.8 Å². The summed E-state index contributed by atoms with van der Waals surface area (Å²) in [6.45, 7) is 6.01. The summed E-state index contributed by atoms with van der Waals surface area (Å²) < 4.78 is 0. The number of carbonyl (C=O) groups is 2. The minimum absolute atomic E-state index is 0.140. The molecular weight excluding hydrogens is 504 g/mol. The molecule has 2 bridgehead atoms. The van der Waals surface area contributed by atoms with Crippen LogP contribution in [0, 0.1) is 36.5 Å². The Morgan fingerprint density at radius 2 is 1.56 bits per heavy atom. The van der Waals surface area contributed by atoms with Crippen molar-refractivity contribution in [1.29, 1.82) is 0 Å². The molecule has 200 valence electrons. The van der Waals surface area contributed by atoms with E-state index in [9.17, 15) is 29.8 Å². The second kappa shape index (κ2) is 8.97. The third-order valence-corrected chi connectivity index (χ3v) is 9.00. The van der Waals surface area contributed by atoms with Gasteiger partial charge in [-0.2, -0.15) is 0 Å². The molecule has 3 aromatic rings. The average molecular weight is 531 g/mol. The molecule has 1 amide bonds. The molecule has 11 heteroatoms. The summed E-state index contributed by atoms with van der Waals surface area (Å²) in [6, 6.07) is 16.1. The van der Waals surface area contributed by atoms with Crippen LogP contribution >= 0.6 is 0 Å². The molecule has 0 radical (unpaired) electrons. The zero-order valence-electron chi connectivity index (χ0n) is 21.6. The lowest BCUT2D eigenvalue weighted by atomic mass is 9.64. The Hall–Kier alpha value is -4.67. The van der Waals surface area contributed by atoms with E-state index in [-0.39, 0.29) is 17.9 Å². The van der Waals surface area contributed by atoms with E-state index in [1.807, 2.05) is 63.2 Å². The van der Waals surface area contributed by atoms with E-state index in [0.717, 1.165) is 29.0 Å². The lowest BCUT2D eigenvalue weighted by molar-refractivity contribution is -0.394. The molecular formula is C28H26N4O7. The van der Waals surface area contributed by atoms with Crippen molar-refractivity contribution in [2.24, 2.45) is 21.4 Å². The molecule has 2 atom stereocenters. The summed E-state index contributed by atoms with van der Waals surface area (Å²) in [7, 11) is 0. The van der Waals surface area contributed by atoms with Crippen LogP contribution in [0.2, 0.25) is 0 Å². The topological polar surface area (TPSA) is 154 Å². The molecule has 2 aliphatic carbocycles. The van der Waals surface area contributed by atoms with Crippen molar-refractivity contribution < 1.29 is 24.3 Å². The zero-order valence-corrected chi connectivity index (χ0v) is 21.6. The van der Waals surface area contributed by atoms with Crippen molar-refractivity contribution >= 4 is 45.4 Å². The Balaban J connectivity index is 1.43. The Kier molecular flexibility index (Phi) is 5.97. The zero-order chi connectivity index (χ0) is 28.2. The van der Waals surface area contributed by atoms with Crippen molar-refractivity contribution in [1.82, 2.24) is 0 Å². The van der Waals surface area contributed by atoms with Crippen LogP contribution in [-0.4, -0.2) is 27.4 Å². The fourth-order valence-electron chi connectivity index (χ4n) is 6.17. The van der Waals surface area contributed by atoms with E-state index in [4.69, 9.17) is 4.84 Å². The number of rotatable bonds is 6. The van der Waals surface area contributed by atoms with E-state index in [0.29, 0.717) is 24.2 Å². The van der Waals surface area contributed by atoms with Crippen molar-refractivity contribution in [3.63, 3.8) is 0 Å². The Morgan fingerprint density at radius 1 is 0.923 bits per heavy atom. The minimum atomic E-state index is -1.06. The summed E-state index contributed by atoms with van der Waals surface area (Å²) in [6.07, 6.45) is 1.52. The van der Waals surface area contributed by atoms with Crippen LogP contribution in [0.5, 0.6) is 0 Å². The fraction of sp³-hybridized carbons (Fsp3) is 0.321. The number of oxime groups is 1. The molecule has 1 N–H and O–H groups in total. The molecule has 0 saturated heterocycles. The van der Waals surface area contributed by atoms with E-state index >= 15 is 0 Å². The summed E-state index contributed by atoms with van der Waals surface area (Å²) in [4.78, 5) is 52.5. The van der Waals surface area contributed by atoms with Gasteiger partial charge in [-0.05, 0) is 29.7 Å². The first kappa shape index (κ1) is 26.0. The highest BCUT2D eigenvalue weighted by Crippen LogP contribution is 2.71. The molecule has 2 saturated carbocycles. The van der Waals surface area contributed by atoms with Crippen molar-refractivity contribution in [2.45, 2.75) is 40.0 Å². The number of nitro groups is 2. The quantitative estimate of drug-likeness (QED) is 0.232. The Morgan fingerprint density at radius 3 is 2.23 bits per heavy atom. The third-order valence-electron chi connectivity index (χ3n) is 9.00. The summed E-state index contributed by atoms with van der Waals surface area (Å²) in [5.41, 5.74) is -2.25. The molecule has 2 aliphatic rings. The van der Waals surface area contributed by atoms with Gasteiger partial charge in [-0.3, -0.25) is 25.0 Å². The van der Waals surface area contributed by atoms with Crippen molar-refractivity contribution in [3.8, 4) is 0 Å². The van der Waals surface area contributed by atoms with Crippen LogP contribution in [-0.2, 0) is 9.63 Å². The van der Waals surface area contributed by atoms with E-state index in [1.165, 1.54) is 0 Å². The summed E-state index contributed by atoms with van der Waals surface area (Å²) in [5, 5.41) is 31.6. The van der Waals surface area contributed by atoms with Gasteiger partial charge in [0.25, 0.3) is 11.4 Å². The molecule has 5 rings (SSSR count). The predicted octanol–water partition coefficient (Wildman–Crippen LogP) is 6.02. The van der Waals surface area contributed by atoms with Crippen LogP contribution in [0.3, 0.4) is 0 Å². The molecule has 0 spiro atoms. The number of anilines is 1. The molecule has 0 aliphatic heterocycles. The predicted molar refractivity (Wildman–Crippen MR) is 143 cm³/mol. The first-order valence-corrected chi connectivity index (χ1v) is 12.4. The number of non-ortho nitro benzene ring substituents is 2. The molecule has 2 fully saturated rings. The van der Waals surface area contributed by atoms with Crippen LogP contribution < -0.4 is 5.32 Å². The van der Waals surface area contributed by atoms with Crippen LogP contribution in [0.4, 0.5) is 17.1 Å². The van der Waals surface area contributed by atoms with Crippen molar-refractivity contribution in [3.05, 3.63) is 86.5 Å². The maximum Gasteiger partial charge on any atom is 0.366 e. The van der Waals surface area contributed by atoms with Crippen LogP contribution in [0.25, 0.3) is 10.8 Å². The Bertz CT molecular complexity index is 1560. The number of hydrogen-bond donors (Lipinski definition) is 1. The first-order valence-electron chi connectivity index (χ1n) is 12.4. The number of nitrogens with one attached hydrogen (secondary N) is 1. The molecule has 0 aromatic heterocycles. The van der Waals surface area contributed by atoms with E-state index in [2.05, 4.69) is 10.5 Å². The smallest absolute Gasteiger partial charge is 0.325 e. The number of fused-ring (bicyclic) bond motifs is 3. The number of amides is 1. The first-order chi connectivity index (χ1) is 18.4. The standard InChI is InChI=1S/C28H26N4O7/c1-26(2)27(3)11-12-28(26,25(34)29-22-10-6-8-17-7-4-5-9-21(17)22)16-23(27)30-39-24(33)18-13-19(31(35)36)15-20(14-18)32(37)38/h4-10,13-15H,11-12,16H2,1-3H3,(H,29,34)/b30-23+. The molecule has 11 nitrogen and oxygen atoms in total. The van der Waals surface area contributed by atoms with E-state index in [1.54, 1.807) is 0 Å². The molecule has 3 aromatic carbocycles.